The second-order valence-electron chi connectivity index (χ2n) is 7.06. The highest BCUT2D eigenvalue weighted by Gasteiger charge is 2.27. The predicted octanol–water partition coefficient (Wildman–Crippen LogP) is 2.29. The van der Waals surface area contributed by atoms with Crippen molar-refractivity contribution in [1.29, 1.82) is 0 Å². The maximum absolute atomic E-state index is 12.9. The Kier molecular flexibility index (Phi) is 7.50. The number of carbonyl (C=O) groups excluding carboxylic acids is 1. The molecule has 2 N–H and O–H groups in total. The van der Waals surface area contributed by atoms with Crippen molar-refractivity contribution in [2.45, 2.75) is 4.90 Å². The van der Waals surface area contributed by atoms with Crippen LogP contribution < -0.4 is 10.6 Å². The van der Waals surface area contributed by atoms with Gasteiger partial charge < -0.3 is 10.2 Å². The van der Waals surface area contributed by atoms with Gasteiger partial charge in [0.05, 0.1) is 4.90 Å². The Morgan fingerprint density at radius 2 is 1.65 bits per heavy atom. The van der Waals surface area contributed by atoms with E-state index < -0.39 is 15.9 Å². The van der Waals surface area contributed by atoms with Crippen molar-refractivity contribution in [3.8, 4) is 0 Å². The molecule has 0 saturated carbocycles. The Morgan fingerprint density at radius 3 is 2.26 bits per heavy atom. The molecule has 0 aliphatic carbocycles. The topological polar surface area (TPSA) is 81.8 Å². The van der Waals surface area contributed by atoms with Crippen molar-refractivity contribution in [3.05, 3.63) is 66.0 Å². The Balaban J connectivity index is 1.54. The van der Waals surface area contributed by atoms with Crippen LogP contribution in [0.25, 0.3) is 6.08 Å². The van der Waals surface area contributed by atoms with Gasteiger partial charge in [-0.3, -0.25) is 10.1 Å². The van der Waals surface area contributed by atoms with E-state index in [-0.39, 0.29) is 15.8 Å². The van der Waals surface area contributed by atoms with Gasteiger partial charge in [0.15, 0.2) is 5.11 Å². The fourth-order valence-corrected chi connectivity index (χ4v) is 4.59. The lowest BCUT2D eigenvalue weighted by molar-refractivity contribution is -0.115. The number of piperazine rings is 1. The van der Waals surface area contributed by atoms with E-state index in [2.05, 4.69) is 15.5 Å². The number of sulfonamides is 1. The van der Waals surface area contributed by atoms with Gasteiger partial charge in [-0.15, -0.1) is 0 Å². The molecule has 1 amide bonds. The number of carbonyl (C=O) groups is 1. The Morgan fingerprint density at radius 1 is 1.03 bits per heavy atom. The van der Waals surface area contributed by atoms with E-state index in [1.807, 2.05) is 7.05 Å². The minimum Gasteiger partial charge on any atom is -0.332 e. The minimum absolute atomic E-state index is 0.0726. The van der Waals surface area contributed by atoms with Crippen LogP contribution in [-0.4, -0.2) is 61.9 Å². The summed E-state index contributed by atoms with van der Waals surface area (Å²) in [6, 6.07) is 11.9. The average Bonchev–Trinajstić information content (AvgIpc) is 2.74. The van der Waals surface area contributed by atoms with Crippen molar-refractivity contribution in [3.63, 3.8) is 0 Å². The fraction of sp³-hybridized carbons (Fsp3) is 0.238. The summed E-state index contributed by atoms with van der Waals surface area (Å²) in [7, 11) is -1.58. The Hall–Kier alpha value is -2.66. The standard InChI is InChI=1S/C21H23FN4O3S2/c1-25-12-14-26(15-13-25)31(28,29)19-9-7-18(8-10-19)23-21(30)24-20(27)11-4-16-2-5-17(22)6-3-16/h2-11H,12-15H2,1H3,(H2,23,24,27,30)/b11-4+. The highest BCUT2D eigenvalue weighted by Crippen LogP contribution is 2.19. The zero-order chi connectivity index (χ0) is 22.4. The van der Waals surface area contributed by atoms with Crippen LogP contribution in [0.1, 0.15) is 5.56 Å². The molecule has 0 aromatic heterocycles. The first kappa shape index (κ1) is 23.0. The van der Waals surface area contributed by atoms with Crippen LogP contribution in [0.2, 0.25) is 0 Å². The quantitative estimate of drug-likeness (QED) is 0.524. The maximum Gasteiger partial charge on any atom is 0.250 e. The van der Waals surface area contributed by atoms with Crippen LogP contribution >= 0.6 is 12.2 Å². The molecule has 0 unspecified atom stereocenters. The summed E-state index contributed by atoms with van der Waals surface area (Å²) in [5, 5.41) is 5.42. The number of nitrogens with zero attached hydrogens (tertiary/aromatic N) is 2. The average molecular weight is 463 g/mol. The summed E-state index contributed by atoms with van der Waals surface area (Å²) < 4.78 is 39.9. The third kappa shape index (κ3) is 6.41. The van der Waals surface area contributed by atoms with E-state index in [4.69, 9.17) is 12.2 Å². The summed E-state index contributed by atoms with van der Waals surface area (Å²) in [6.07, 6.45) is 2.82. The Labute approximate surface area is 186 Å². The Bertz CT molecular complexity index is 1060. The molecule has 1 heterocycles. The number of benzene rings is 2. The summed E-state index contributed by atoms with van der Waals surface area (Å²) in [6.45, 7) is 2.31. The first-order valence-electron chi connectivity index (χ1n) is 9.58. The molecule has 1 aliphatic rings. The smallest absolute Gasteiger partial charge is 0.250 e. The van der Waals surface area contributed by atoms with E-state index in [9.17, 15) is 17.6 Å². The summed E-state index contributed by atoms with van der Waals surface area (Å²) in [4.78, 5) is 14.3. The van der Waals surface area contributed by atoms with Gasteiger partial charge in [0.25, 0.3) is 0 Å². The van der Waals surface area contributed by atoms with E-state index in [0.29, 0.717) is 37.4 Å². The van der Waals surface area contributed by atoms with Gasteiger partial charge in [-0.2, -0.15) is 4.31 Å². The highest BCUT2D eigenvalue weighted by molar-refractivity contribution is 7.89. The summed E-state index contributed by atoms with van der Waals surface area (Å²) in [5.74, 6) is -0.801. The molecule has 0 spiro atoms. The van der Waals surface area contributed by atoms with Gasteiger partial charge in [0, 0.05) is 37.9 Å². The minimum atomic E-state index is -3.54. The van der Waals surface area contributed by atoms with Crippen molar-refractivity contribution >= 4 is 45.0 Å². The van der Waals surface area contributed by atoms with E-state index >= 15 is 0 Å². The molecule has 2 aromatic carbocycles. The normalized spacial score (nSPS) is 15.7. The van der Waals surface area contributed by atoms with E-state index in [1.54, 1.807) is 24.3 Å². The fourth-order valence-electron chi connectivity index (χ4n) is 2.95. The number of hydrogen-bond donors (Lipinski definition) is 2. The second kappa shape index (κ2) is 10.1. The van der Waals surface area contributed by atoms with E-state index in [1.165, 1.54) is 40.7 Å². The van der Waals surface area contributed by atoms with Gasteiger partial charge in [-0.1, -0.05) is 12.1 Å². The van der Waals surface area contributed by atoms with Crippen molar-refractivity contribution < 1.29 is 17.6 Å². The molecule has 3 rings (SSSR count). The lowest BCUT2D eigenvalue weighted by Crippen LogP contribution is -2.46. The maximum atomic E-state index is 12.9. The zero-order valence-electron chi connectivity index (χ0n) is 16.9. The van der Waals surface area contributed by atoms with Gasteiger partial charge in [0.2, 0.25) is 15.9 Å². The molecule has 1 saturated heterocycles. The third-order valence-corrected chi connectivity index (χ3v) is 6.86. The molecule has 0 radical (unpaired) electrons. The number of halogens is 1. The molecule has 1 fully saturated rings. The molecule has 2 aromatic rings. The molecule has 31 heavy (non-hydrogen) atoms. The van der Waals surface area contributed by atoms with Crippen molar-refractivity contribution in [2.75, 3.05) is 38.5 Å². The molecule has 10 heteroatoms. The molecular formula is C21H23FN4O3S2. The zero-order valence-corrected chi connectivity index (χ0v) is 18.5. The summed E-state index contributed by atoms with van der Waals surface area (Å²) >= 11 is 5.12. The number of rotatable bonds is 5. The van der Waals surface area contributed by atoms with E-state index in [0.717, 1.165) is 0 Å². The van der Waals surface area contributed by atoms with Crippen LogP contribution in [0, 0.1) is 5.82 Å². The number of anilines is 1. The molecule has 164 valence electrons. The number of nitrogens with one attached hydrogen (secondary N) is 2. The first-order valence-corrected chi connectivity index (χ1v) is 11.4. The van der Waals surface area contributed by atoms with Crippen LogP contribution in [0.4, 0.5) is 10.1 Å². The van der Waals surface area contributed by atoms with Crippen LogP contribution in [0.15, 0.2) is 59.5 Å². The SMILES string of the molecule is CN1CCN(S(=O)(=O)c2ccc(NC(=S)NC(=O)/C=C/c3ccc(F)cc3)cc2)CC1. The predicted molar refractivity (Wildman–Crippen MR) is 122 cm³/mol. The van der Waals surface area contributed by atoms with Crippen molar-refractivity contribution in [1.82, 2.24) is 14.5 Å². The molecule has 1 aliphatic heterocycles. The van der Waals surface area contributed by atoms with Gasteiger partial charge in [0.1, 0.15) is 5.82 Å². The molecule has 0 bridgehead atoms. The van der Waals surface area contributed by atoms with Crippen LogP contribution in [0.5, 0.6) is 0 Å². The lowest BCUT2D eigenvalue weighted by Gasteiger charge is -2.31. The first-order chi connectivity index (χ1) is 14.7. The third-order valence-electron chi connectivity index (χ3n) is 4.75. The number of thiocarbonyl (C=S) groups is 1. The molecule has 0 atom stereocenters. The number of hydrogen-bond acceptors (Lipinski definition) is 5. The van der Waals surface area contributed by atoms with Crippen LogP contribution in [0.3, 0.4) is 0 Å². The molecule has 7 nitrogen and oxygen atoms in total. The number of amides is 1. The van der Waals surface area contributed by atoms with Crippen LogP contribution in [-0.2, 0) is 14.8 Å². The van der Waals surface area contributed by atoms with Gasteiger partial charge in [-0.05, 0) is 67.3 Å². The summed E-state index contributed by atoms with van der Waals surface area (Å²) in [5.41, 5.74) is 1.22. The second-order valence-corrected chi connectivity index (χ2v) is 9.41. The largest absolute Gasteiger partial charge is 0.332 e. The lowest BCUT2D eigenvalue weighted by atomic mass is 10.2. The van der Waals surface area contributed by atoms with Gasteiger partial charge >= 0.3 is 0 Å². The highest BCUT2D eigenvalue weighted by atomic mass is 32.2. The number of likely N-dealkylation sites (N-methyl/N-ethyl adjacent to an activating group) is 1. The van der Waals surface area contributed by atoms with Crippen molar-refractivity contribution in [2.24, 2.45) is 0 Å². The molecular weight excluding hydrogens is 439 g/mol. The monoisotopic (exact) mass is 462 g/mol. The van der Waals surface area contributed by atoms with Gasteiger partial charge in [-0.25, -0.2) is 12.8 Å².